The minimum absolute atomic E-state index is 0.0174. The Kier molecular flexibility index (Phi) is 4.51. The summed E-state index contributed by atoms with van der Waals surface area (Å²) in [7, 11) is 1.68. The highest BCUT2D eigenvalue weighted by atomic mass is 16.5. The lowest BCUT2D eigenvalue weighted by Crippen LogP contribution is -2.39. The number of hydrogen-bond acceptors (Lipinski definition) is 6. The highest BCUT2D eigenvalue weighted by Gasteiger charge is 2.25. The van der Waals surface area contributed by atoms with E-state index in [1.807, 2.05) is 26.0 Å². The minimum Gasteiger partial charge on any atom is -0.497 e. The predicted octanol–water partition coefficient (Wildman–Crippen LogP) is 3.93. The fourth-order valence-electron chi connectivity index (χ4n) is 3.19. The molecule has 0 N–H and O–H groups in total. The van der Waals surface area contributed by atoms with Crippen LogP contribution >= 0.6 is 0 Å². The standard InChI is InChI=1S/C20H23N3O3/c1-13(2)19-21-20(22-26-19)23-8-9-25-18(12-23)16-5-4-15-11-17(24-3)7-6-14(15)10-16/h4-7,10-11,13,18H,8-9,12H2,1-3H3/t18-/m1/s1. The Balaban J connectivity index is 1.56. The van der Waals surface area contributed by atoms with Crippen LogP contribution in [0.3, 0.4) is 0 Å². The topological polar surface area (TPSA) is 60.6 Å². The summed E-state index contributed by atoms with van der Waals surface area (Å²) in [5, 5.41) is 6.45. The number of fused-ring (bicyclic) bond motifs is 1. The first kappa shape index (κ1) is 16.8. The first-order chi connectivity index (χ1) is 12.6. The van der Waals surface area contributed by atoms with Gasteiger partial charge in [-0.05, 0) is 39.7 Å². The van der Waals surface area contributed by atoms with Crippen molar-refractivity contribution in [3.05, 3.63) is 47.9 Å². The summed E-state index contributed by atoms with van der Waals surface area (Å²) >= 11 is 0. The smallest absolute Gasteiger partial charge is 0.266 e. The minimum atomic E-state index is -0.0174. The second-order valence-corrected chi connectivity index (χ2v) is 6.87. The van der Waals surface area contributed by atoms with Crippen LogP contribution in [-0.2, 0) is 4.74 Å². The van der Waals surface area contributed by atoms with E-state index in [0.717, 1.165) is 23.2 Å². The van der Waals surface area contributed by atoms with E-state index in [-0.39, 0.29) is 12.0 Å². The van der Waals surface area contributed by atoms with E-state index < -0.39 is 0 Å². The first-order valence-electron chi connectivity index (χ1n) is 8.92. The molecule has 2 aromatic carbocycles. The largest absolute Gasteiger partial charge is 0.497 e. The number of ether oxygens (including phenoxy) is 2. The zero-order valence-electron chi connectivity index (χ0n) is 15.3. The molecule has 0 bridgehead atoms. The molecule has 0 radical (unpaired) electrons. The van der Waals surface area contributed by atoms with Crippen LogP contribution in [-0.4, -0.2) is 36.9 Å². The molecule has 1 saturated heterocycles. The molecule has 0 aliphatic carbocycles. The van der Waals surface area contributed by atoms with E-state index in [4.69, 9.17) is 14.0 Å². The molecule has 136 valence electrons. The van der Waals surface area contributed by atoms with Gasteiger partial charge in [0.1, 0.15) is 11.9 Å². The average molecular weight is 353 g/mol. The molecule has 2 heterocycles. The number of aromatic nitrogens is 2. The van der Waals surface area contributed by atoms with Crippen LogP contribution in [0.4, 0.5) is 5.95 Å². The van der Waals surface area contributed by atoms with Gasteiger partial charge in [0.15, 0.2) is 0 Å². The van der Waals surface area contributed by atoms with Crippen molar-refractivity contribution in [1.82, 2.24) is 10.1 Å². The molecule has 4 rings (SSSR count). The number of benzene rings is 2. The van der Waals surface area contributed by atoms with E-state index >= 15 is 0 Å². The molecule has 0 amide bonds. The summed E-state index contributed by atoms with van der Waals surface area (Å²) in [4.78, 5) is 6.64. The molecule has 1 atom stereocenters. The van der Waals surface area contributed by atoms with Crippen molar-refractivity contribution in [1.29, 1.82) is 0 Å². The molecule has 1 aromatic heterocycles. The van der Waals surface area contributed by atoms with Crippen molar-refractivity contribution in [3.63, 3.8) is 0 Å². The van der Waals surface area contributed by atoms with Gasteiger partial charge in [0, 0.05) is 12.5 Å². The average Bonchev–Trinajstić information content (AvgIpc) is 3.18. The molecular formula is C20H23N3O3. The predicted molar refractivity (Wildman–Crippen MR) is 99.8 cm³/mol. The molecule has 6 heteroatoms. The maximum atomic E-state index is 6.01. The van der Waals surface area contributed by atoms with Crippen LogP contribution in [0.5, 0.6) is 5.75 Å². The van der Waals surface area contributed by atoms with Gasteiger partial charge < -0.3 is 18.9 Å². The molecule has 0 spiro atoms. The second-order valence-electron chi connectivity index (χ2n) is 6.87. The molecular weight excluding hydrogens is 330 g/mol. The summed E-state index contributed by atoms with van der Waals surface area (Å²) in [5.41, 5.74) is 1.15. The number of methoxy groups -OCH3 is 1. The third kappa shape index (κ3) is 3.24. The van der Waals surface area contributed by atoms with Crippen molar-refractivity contribution in [3.8, 4) is 5.75 Å². The van der Waals surface area contributed by atoms with Crippen LogP contribution in [0.2, 0.25) is 0 Å². The normalized spacial score (nSPS) is 17.8. The molecule has 1 aliphatic heterocycles. The van der Waals surface area contributed by atoms with Crippen LogP contribution < -0.4 is 9.64 Å². The van der Waals surface area contributed by atoms with Gasteiger partial charge in [-0.1, -0.05) is 32.0 Å². The zero-order chi connectivity index (χ0) is 18.1. The van der Waals surface area contributed by atoms with Crippen molar-refractivity contribution in [2.24, 2.45) is 0 Å². The number of rotatable bonds is 4. The van der Waals surface area contributed by atoms with Crippen molar-refractivity contribution in [2.75, 3.05) is 31.7 Å². The fraction of sp³-hybridized carbons (Fsp3) is 0.400. The second kappa shape index (κ2) is 6.96. The molecule has 1 fully saturated rings. The molecule has 1 aliphatic rings. The Morgan fingerprint density at radius 2 is 1.96 bits per heavy atom. The molecule has 6 nitrogen and oxygen atoms in total. The third-order valence-corrected chi connectivity index (χ3v) is 4.72. The SMILES string of the molecule is COc1ccc2cc([C@H]3CN(c4noc(C(C)C)n4)CCO3)ccc2c1. The van der Waals surface area contributed by atoms with Crippen LogP contribution in [0, 0.1) is 0 Å². The highest BCUT2D eigenvalue weighted by Crippen LogP contribution is 2.29. The van der Waals surface area contributed by atoms with Gasteiger partial charge in [0.25, 0.3) is 5.95 Å². The Morgan fingerprint density at radius 1 is 1.15 bits per heavy atom. The van der Waals surface area contributed by atoms with Gasteiger partial charge in [-0.15, -0.1) is 0 Å². The lowest BCUT2D eigenvalue weighted by molar-refractivity contribution is 0.0392. The molecule has 26 heavy (non-hydrogen) atoms. The Labute approximate surface area is 152 Å². The van der Waals surface area contributed by atoms with Gasteiger partial charge in [-0.3, -0.25) is 0 Å². The fourth-order valence-corrected chi connectivity index (χ4v) is 3.19. The number of anilines is 1. The van der Waals surface area contributed by atoms with E-state index in [0.29, 0.717) is 25.0 Å². The third-order valence-electron chi connectivity index (χ3n) is 4.72. The lowest BCUT2D eigenvalue weighted by Gasteiger charge is -2.32. The van der Waals surface area contributed by atoms with Crippen molar-refractivity contribution < 1.29 is 14.0 Å². The van der Waals surface area contributed by atoms with Crippen LogP contribution in [0.15, 0.2) is 40.9 Å². The van der Waals surface area contributed by atoms with Crippen LogP contribution in [0.1, 0.15) is 37.3 Å². The van der Waals surface area contributed by atoms with E-state index in [1.165, 1.54) is 5.39 Å². The maximum absolute atomic E-state index is 6.01. The van der Waals surface area contributed by atoms with Gasteiger partial charge in [0.05, 0.1) is 20.3 Å². The molecule has 0 saturated carbocycles. The quantitative estimate of drug-likeness (QED) is 0.708. The summed E-state index contributed by atoms with van der Waals surface area (Å²) in [6, 6.07) is 12.5. The summed E-state index contributed by atoms with van der Waals surface area (Å²) in [6.45, 7) is 6.20. The number of morpholine rings is 1. The maximum Gasteiger partial charge on any atom is 0.266 e. The van der Waals surface area contributed by atoms with E-state index in [1.54, 1.807) is 7.11 Å². The summed E-state index contributed by atoms with van der Waals surface area (Å²) in [5.74, 6) is 2.41. The summed E-state index contributed by atoms with van der Waals surface area (Å²) < 4.78 is 16.7. The van der Waals surface area contributed by atoms with Gasteiger partial charge in [-0.25, -0.2) is 0 Å². The first-order valence-corrected chi connectivity index (χ1v) is 8.92. The lowest BCUT2D eigenvalue weighted by atomic mass is 10.0. The van der Waals surface area contributed by atoms with Crippen molar-refractivity contribution >= 4 is 16.7 Å². The van der Waals surface area contributed by atoms with Gasteiger partial charge in [0.2, 0.25) is 5.89 Å². The Morgan fingerprint density at radius 3 is 2.73 bits per heavy atom. The molecule has 3 aromatic rings. The van der Waals surface area contributed by atoms with E-state index in [2.05, 4.69) is 39.3 Å². The van der Waals surface area contributed by atoms with Gasteiger partial charge in [-0.2, -0.15) is 4.98 Å². The summed E-state index contributed by atoms with van der Waals surface area (Å²) in [6.07, 6.45) is -0.0174. The van der Waals surface area contributed by atoms with Crippen molar-refractivity contribution in [2.45, 2.75) is 25.9 Å². The highest BCUT2D eigenvalue weighted by molar-refractivity contribution is 5.84. The van der Waals surface area contributed by atoms with E-state index in [9.17, 15) is 0 Å². The molecule has 0 unspecified atom stereocenters. The Hall–Kier alpha value is -2.60. The number of hydrogen-bond donors (Lipinski definition) is 0. The monoisotopic (exact) mass is 353 g/mol. The van der Waals surface area contributed by atoms with Crippen LogP contribution in [0.25, 0.3) is 10.8 Å². The zero-order valence-corrected chi connectivity index (χ0v) is 15.3. The number of nitrogens with zero attached hydrogens (tertiary/aromatic N) is 3. The van der Waals surface area contributed by atoms with Gasteiger partial charge >= 0.3 is 0 Å². The Bertz CT molecular complexity index is 906.